The second kappa shape index (κ2) is 8.79. The zero-order chi connectivity index (χ0) is 22.9. The van der Waals surface area contributed by atoms with Crippen LogP contribution in [0.1, 0.15) is 46.8 Å². The van der Waals surface area contributed by atoms with Crippen molar-refractivity contribution < 1.29 is 19.1 Å². The lowest BCUT2D eigenvalue weighted by atomic mass is 9.87. The third-order valence-electron chi connectivity index (χ3n) is 6.41. The van der Waals surface area contributed by atoms with Gasteiger partial charge in [-0.1, -0.05) is 6.08 Å². The number of hydrogen-bond acceptors (Lipinski definition) is 5. The van der Waals surface area contributed by atoms with Gasteiger partial charge in [-0.2, -0.15) is 0 Å². The van der Waals surface area contributed by atoms with Crippen molar-refractivity contribution in [3.63, 3.8) is 0 Å². The van der Waals surface area contributed by atoms with Crippen LogP contribution in [-0.4, -0.2) is 48.9 Å². The SMILES string of the molecule is COc1ccc(C(=O)CN2CCC3(C=Cc4cc(C)c(C)cc4O3)CC2)cc1NC(C)=O. The Balaban J connectivity index is 1.40. The Morgan fingerprint density at radius 3 is 2.53 bits per heavy atom. The molecule has 6 heteroatoms. The van der Waals surface area contributed by atoms with Crippen LogP contribution in [0.4, 0.5) is 5.69 Å². The number of benzene rings is 2. The first-order valence-electron chi connectivity index (χ1n) is 11.0. The number of ketones is 1. The molecule has 1 spiro atoms. The number of nitrogens with one attached hydrogen (secondary N) is 1. The average Bonchev–Trinajstić information content (AvgIpc) is 2.76. The van der Waals surface area contributed by atoms with E-state index in [0.717, 1.165) is 37.2 Å². The van der Waals surface area contributed by atoms with Gasteiger partial charge < -0.3 is 14.8 Å². The van der Waals surface area contributed by atoms with Gasteiger partial charge in [-0.3, -0.25) is 14.5 Å². The van der Waals surface area contributed by atoms with Gasteiger partial charge >= 0.3 is 0 Å². The van der Waals surface area contributed by atoms with Crippen molar-refractivity contribution in [3.8, 4) is 11.5 Å². The smallest absolute Gasteiger partial charge is 0.221 e. The lowest BCUT2D eigenvalue weighted by Gasteiger charge is -2.42. The van der Waals surface area contributed by atoms with E-state index < -0.39 is 0 Å². The lowest BCUT2D eigenvalue weighted by Crippen LogP contribution is -2.48. The minimum Gasteiger partial charge on any atom is -0.495 e. The highest BCUT2D eigenvalue weighted by Gasteiger charge is 2.37. The molecule has 4 rings (SSSR count). The van der Waals surface area contributed by atoms with Crippen LogP contribution in [0.15, 0.2) is 36.4 Å². The number of amides is 1. The Bertz CT molecular complexity index is 1080. The normalized spacial score (nSPS) is 16.9. The molecule has 2 aromatic rings. The molecule has 0 aliphatic carbocycles. The van der Waals surface area contributed by atoms with E-state index in [1.54, 1.807) is 18.2 Å². The van der Waals surface area contributed by atoms with E-state index in [4.69, 9.17) is 9.47 Å². The third-order valence-corrected chi connectivity index (χ3v) is 6.41. The summed E-state index contributed by atoms with van der Waals surface area (Å²) in [6.45, 7) is 7.55. The summed E-state index contributed by atoms with van der Waals surface area (Å²) < 4.78 is 11.7. The molecule has 0 aromatic heterocycles. The maximum absolute atomic E-state index is 12.9. The maximum Gasteiger partial charge on any atom is 0.221 e. The lowest BCUT2D eigenvalue weighted by molar-refractivity contribution is -0.114. The van der Waals surface area contributed by atoms with Crippen molar-refractivity contribution >= 4 is 23.5 Å². The number of rotatable bonds is 5. The first-order valence-corrected chi connectivity index (χ1v) is 11.0. The van der Waals surface area contributed by atoms with Crippen LogP contribution >= 0.6 is 0 Å². The number of piperidine rings is 1. The summed E-state index contributed by atoms with van der Waals surface area (Å²) in [6.07, 6.45) is 6.03. The van der Waals surface area contributed by atoms with Gasteiger partial charge in [0.1, 0.15) is 17.1 Å². The van der Waals surface area contributed by atoms with Crippen molar-refractivity contribution in [2.24, 2.45) is 0 Å². The van der Waals surface area contributed by atoms with Gasteiger partial charge in [0.15, 0.2) is 5.78 Å². The number of nitrogens with zero attached hydrogens (tertiary/aromatic N) is 1. The van der Waals surface area contributed by atoms with Crippen molar-refractivity contribution in [1.29, 1.82) is 0 Å². The number of aryl methyl sites for hydroxylation is 2. The van der Waals surface area contributed by atoms with Crippen molar-refractivity contribution in [1.82, 2.24) is 4.90 Å². The molecule has 2 heterocycles. The molecule has 6 nitrogen and oxygen atoms in total. The molecule has 0 saturated carbocycles. The van der Waals surface area contributed by atoms with Crippen LogP contribution < -0.4 is 14.8 Å². The summed E-state index contributed by atoms with van der Waals surface area (Å²) in [5.74, 6) is 1.29. The number of likely N-dealkylation sites (tertiary alicyclic amines) is 1. The standard InChI is InChI=1S/C26H30N2O4/c1-17-13-21-7-8-26(32-25(21)14-18(17)2)9-11-28(12-10-26)16-23(30)20-5-6-24(31-4)22(15-20)27-19(3)29/h5-8,13-15H,9-12,16H2,1-4H3,(H,27,29). The second-order valence-corrected chi connectivity index (χ2v) is 8.77. The van der Waals surface area contributed by atoms with Crippen LogP contribution in [0, 0.1) is 13.8 Å². The number of Topliss-reactive ketones (excluding diaryl/α,β-unsaturated/α-hetero) is 1. The quantitative estimate of drug-likeness (QED) is 0.707. The number of fused-ring (bicyclic) bond motifs is 1. The van der Waals surface area contributed by atoms with E-state index in [1.165, 1.54) is 25.2 Å². The molecule has 1 saturated heterocycles. The van der Waals surface area contributed by atoms with E-state index in [1.807, 2.05) is 0 Å². The van der Waals surface area contributed by atoms with Gasteiger partial charge in [0.2, 0.25) is 5.91 Å². The number of carbonyl (C=O) groups excluding carboxylic acids is 2. The highest BCUT2D eigenvalue weighted by atomic mass is 16.5. The van der Waals surface area contributed by atoms with Crippen molar-refractivity contribution in [3.05, 3.63) is 58.7 Å². The van der Waals surface area contributed by atoms with Gasteiger partial charge in [-0.15, -0.1) is 0 Å². The van der Waals surface area contributed by atoms with Crippen LogP contribution in [0.2, 0.25) is 0 Å². The van der Waals surface area contributed by atoms with Crippen LogP contribution in [0.25, 0.3) is 6.08 Å². The topological polar surface area (TPSA) is 67.9 Å². The molecule has 0 atom stereocenters. The summed E-state index contributed by atoms with van der Waals surface area (Å²) in [4.78, 5) is 26.5. The van der Waals surface area contributed by atoms with Gasteiger partial charge in [-0.25, -0.2) is 0 Å². The first kappa shape index (κ1) is 22.1. The third kappa shape index (κ3) is 4.55. The molecular formula is C26H30N2O4. The number of anilines is 1. The molecule has 32 heavy (non-hydrogen) atoms. The molecule has 2 aliphatic heterocycles. The van der Waals surface area contributed by atoms with E-state index >= 15 is 0 Å². The first-order chi connectivity index (χ1) is 15.3. The molecule has 2 aliphatic rings. The average molecular weight is 435 g/mol. The van der Waals surface area contributed by atoms with Gasteiger partial charge in [-0.05, 0) is 61.4 Å². The minimum absolute atomic E-state index is 0.0201. The summed E-state index contributed by atoms with van der Waals surface area (Å²) in [6, 6.07) is 9.44. The molecule has 0 unspecified atom stereocenters. The van der Waals surface area contributed by atoms with E-state index in [9.17, 15) is 9.59 Å². The fourth-order valence-electron chi connectivity index (χ4n) is 4.35. The monoisotopic (exact) mass is 434 g/mol. The Labute approximate surface area is 189 Å². The highest BCUT2D eigenvalue weighted by molar-refractivity contribution is 6.00. The fourth-order valence-corrected chi connectivity index (χ4v) is 4.35. The molecule has 1 amide bonds. The van der Waals surface area contributed by atoms with E-state index in [2.05, 4.69) is 48.3 Å². The fraction of sp³-hybridized carbons (Fsp3) is 0.385. The summed E-state index contributed by atoms with van der Waals surface area (Å²) in [5.41, 5.74) is 4.40. The van der Waals surface area contributed by atoms with Gasteiger partial charge in [0.25, 0.3) is 0 Å². The Morgan fingerprint density at radius 1 is 1.12 bits per heavy atom. The predicted molar refractivity (Wildman–Crippen MR) is 126 cm³/mol. The summed E-state index contributed by atoms with van der Waals surface area (Å²) >= 11 is 0. The minimum atomic E-state index is -0.299. The second-order valence-electron chi connectivity index (χ2n) is 8.77. The molecule has 0 bridgehead atoms. The zero-order valence-corrected chi connectivity index (χ0v) is 19.2. The van der Waals surface area contributed by atoms with Crippen molar-refractivity contribution in [2.45, 2.75) is 39.2 Å². The van der Waals surface area contributed by atoms with E-state index in [-0.39, 0.29) is 17.3 Å². The molecule has 1 fully saturated rings. The number of hydrogen-bond donors (Lipinski definition) is 1. The number of ether oxygens (including phenoxy) is 2. The molecule has 0 radical (unpaired) electrons. The van der Waals surface area contributed by atoms with Crippen LogP contribution in [0.3, 0.4) is 0 Å². The zero-order valence-electron chi connectivity index (χ0n) is 19.2. The Hall–Kier alpha value is -3.12. The molecule has 168 valence electrons. The highest BCUT2D eigenvalue weighted by Crippen LogP contribution is 2.38. The van der Waals surface area contributed by atoms with E-state index in [0.29, 0.717) is 23.5 Å². The maximum atomic E-state index is 12.9. The van der Waals surface area contributed by atoms with Crippen molar-refractivity contribution in [2.75, 3.05) is 32.1 Å². The van der Waals surface area contributed by atoms with Gasteiger partial charge in [0, 0.05) is 44.0 Å². The van der Waals surface area contributed by atoms with Gasteiger partial charge in [0.05, 0.1) is 19.3 Å². The Kier molecular flexibility index (Phi) is 6.07. The summed E-state index contributed by atoms with van der Waals surface area (Å²) in [5, 5.41) is 2.72. The van der Waals surface area contributed by atoms with Crippen LogP contribution in [0.5, 0.6) is 11.5 Å². The molecular weight excluding hydrogens is 404 g/mol. The van der Waals surface area contributed by atoms with Crippen LogP contribution in [-0.2, 0) is 4.79 Å². The number of methoxy groups -OCH3 is 1. The number of carbonyl (C=O) groups is 2. The predicted octanol–water partition coefficient (Wildman–Crippen LogP) is 4.39. The largest absolute Gasteiger partial charge is 0.495 e. The summed E-state index contributed by atoms with van der Waals surface area (Å²) in [7, 11) is 1.54. The Morgan fingerprint density at radius 2 is 1.84 bits per heavy atom. The molecule has 1 N–H and O–H groups in total. The molecule has 2 aromatic carbocycles.